The molecule has 0 fully saturated rings. The highest BCUT2D eigenvalue weighted by Gasteiger charge is 2.27. The molecule has 4 rings (SSSR count). The van der Waals surface area contributed by atoms with Gasteiger partial charge >= 0.3 is 5.69 Å². The Kier molecular flexibility index (Phi) is 5.09. The minimum Gasteiger partial charge on any atom is -0.502 e. The number of nitro benzene ring substituents is 1. The van der Waals surface area contributed by atoms with Gasteiger partial charge in [0.15, 0.2) is 0 Å². The van der Waals surface area contributed by atoms with Crippen molar-refractivity contribution in [2.45, 2.75) is 25.7 Å². The molecule has 9 nitrogen and oxygen atoms in total. The lowest BCUT2D eigenvalue weighted by molar-refractivity contribution is -0.385. The van der Waals surface area contributed by atoms with E-state index in [1.807, 2.05) is 0 Å². The molecule has 0 unspecified atom stereocenters. The minimum absolute atomic E-state index is 0.154. The number of nitrogens with zero attached hydrogens (tertiary/aromatic N) is 2. The van der Waals surface area contributed by atoms with Crippen LogP contribution in [0.1, 0.15) is 40.1 Å². The highest BCUT2D eigenvalue weighted by molar-refractivity contribution is 6.05. The number of carbonyl (C=O) groups is 1. The Morgan fingerprint density at radius 1 is 1.30 bits per heavy atom. The van der Waals surface area contributed by atoms with Crippen LogP contribution in [0.5, 0.6) is 11.5 Å². The Labute approximate surface area is 171 Å². The van der Waals surface area contributed by atoms with E-state index >= 15 is 0 Å². The number of rotatable bonds is 5. The van der Waals surface area contributed by atoms with Crippen LogP contribution in [0.3, 0.4) is 0 Å². The van der Waals surface area contributed by atoms with Crippen molar-refractivity contribution in [3.05, 3.63) is 62.9 Å². The van der Waals surface area contributed by atoms with Gasteiger partial charge in [-0.1, -0.05) is 0 Å². The summed E-state index contributed by atoms with van der Waals surface area (Å²) >= 11 is 0. The molecule has 0 saturated heterocycles. The molecule has 2 aromatic carbocycles. The first-order valence-corrected chi connectivity index (χ1v) is 9.41. The van der Waals surface area contributed by atoms with Gasteiger partial charge in [-0.2, -0.15) is 5.10 Å². The SMILES string of the molecule is COc1ccc(C(=O)N/N=C/c2c(O)c([N+](=O)[O-])cc3oc4c(c23)CCCC4)cc1. The molecule has 1 aromatic heterocycles. The topological polar surface area (TPSA) is 127 Å². The van der Waals surface area contributed by atoms with Gasteiger partial charge in [-0.15, -0.1) is 0 Å². The van der Waals surface area contributed by atoms with Crippen molar-refractivity contribution in [3.8, 4) is 11.5 Å². The number of phenolic OH excluding ortho intramolecular Hbond substituents is 1. The lowest BCUT2D eigenvalue weighted by Gasteiger charge is -2.10. The number of furan rings is 1. The van der Waals surface area contributed by atoms with E-state index < -0.39 is 22.3 Å². The number of fused-ring (bicyclic) bond motifs is 3. The second-order valence-corrected chi connectivity index (χ2v) is 6.93. The summed E-state index contributed by atoms with van der Waals surface area (Å²) < 4.78 is 10.9. The maximum atomic E-state index is 12.3. The van der Waals surface area contributed by atoms with Crippen LogP contribution in [-0.4, -0.2) is 29.3 Å². The summed E-state index contributed by atoms with van der Waals surface area (Å²) in [5.41, 5.74) is 3.67. The number of hydrogen-bond donors (Lipinski definition) is 2. The first-order valence-electron chi connectivity index (χ1n) is 9.41. The molecule has 2 N–H and O–H groups in total. The molecule has 0 bridgehead atoms. The zero-order chi connectivity index (χ0) is 21.3. The number of phenols is 1. The van der Waals surface area contributed by atoms with E-state index in [4.69, 9.17) is 9.15 Å². The predicted molar refractivity (Wildman–Crippen MR) is 109 cm³/mol. The van der Waals surface area contributed by atoms with Crippen molar-refractivity contribution in [3.63, 3.8) is 0 Å². The molecule has 1 amide bonds. The lowest BCUT2D eigenvalue weighted by atomic mass is 9.93. The lowest BCUT2D eigenvalue weighted by Crippen LogP contribution is -2.17. The second kappa shape index (κ2) is 7.86. The number of hydrogen-bond acceptors (Lipinski definition) is 7. The fourth-order valence-corrected chi connectivity index (χ4v) is 3.66. The average molecular weight is 409 g/mol. The predicted octanol–water partition coefficient (Wildman–Crippen LogP) is 3.70. The van der Waals surface area contributed by atoms with Crippen molar-refractivity contribution in [1.29, 1.82) is 0 Å². The number of methoxy groups -OCH3 is 1. The van der Waals surface area contributed by atoms with Gasteiger partial charge < -0.3 is 14.3 Å². The summed E-state index contributed by atoms with van der Waals surface area (Å²) in [5.74, 6) is 0.408. The molecule has 0 spiro atoms. The number of amides is 1. The van der Waals surface area contributed by atoms with Gasteiger partial charge in [0.2, 0.25) is 5.75 Å². The molecular weight excluding hydrogens is 390 g/mol. The molecule has 0 aliphatic heterocycles. The van der Waals surface area contributed by atoms with Gasteiger partial charge in [0.05, 0.1) is 29.9 Å². The fourth-order valence-electron chi connectivity index (χ4n) is 3.66. The van der Waals surface area contributed by atoms with Crippen molar-refractivity contribution in [2.75, 3.05) is 7.11 Å². The van der Waals surface area contributed by atoms with Crippen molar-refractivity contribution >= 4 is 28.8 Å². The monoisotopic (exact) mass is 409 g/mol. The van der Waals surface area contributed by atoms with Crippen molar-refractivity contribution in [2.24, 2.45) is 5.10 Å². The summed E-state index contributed by atoms with van der Waals surface area (Å²) in [5, 5.41) is 26.4. The highest BCUT2D eigenvalue weighted by Crippen LogP contribution is 2.41. The maximum absolute atomic E-state index is 12.3. The Morgan fingerprint density at radius 2 is 2.03 bits per heavy atom. The van der Waals surface area contributed by atoms with E-state index in [0.717, 1.165) is 37.0 Å². The number of hydrazone groups is 1. The molecule has 0 atom stereocenters. The molecular formula is C21H19N3O6. The van der Waals surface area contributed by atoms with Crippen LogP contribution in [0.15, 0.2) is 39.9 Å². The molecule has 3 aromatic rings. The Bertz CT molecular complexity index is 1160. The molecule has 1 aliphatic rings. The van der Waals surface area contributed by atoms with Crippen LogP contribution in [0.4, 0.5) is 5.69 Å². The highest BCUT2D eigenvalue weighted by atomic mass is 16.6. The third-order valence-electron chi connectivity index (χ3n) is 5.14. The summed E-state index contributed by atoms with van der Waals surface area (Å²) in [6.07, 6.45) is 4.64. The van der Waals surface area contributed by atoms with Crippen molar-refractivity contribution < 1.29 is 24.0 Å². The van der Waals surface area contributed by atoms with Crippen LogP contribution in [0.25, 0.3) is 11.0 Å². The molecule has 9 heteroatoms. The van der Waals surface area contributed by atoms with Crippen molar-refractivity contribution in [1.82, 2.24) is 5.43 Å². The first-order chi connectivity index (χ1) is 14.5. The zero-order valence-corrected chi connectivity index (χ0v) is 16.2. The van der Waals surface area contributed by atoms with E-state index in [1.54, 1.807) is 24.3 Å². The average Bonchev–Trinajstić information content (AvgIpc) is 3.13. The van der Waals surface area contributed by atoms with Crippen LogP contribution < -0.4 is 10.2 Å². The number of ether oxygens (including phenoxy) is 1. The van der Waals surface area contributed by atoms with Gasteiger partial charge in [-0.05, 0) is 43.5 Å². The first kappa shape index (κ1) is 19.4. The zero-order valence-electron chi connectivity index (χ0n) is 16.2. The minimum atomic E-state index is -0.677. The smallest absolute Gasteiger partial charge is 0.315 e. The number of nitrogens with one attached hydrogen (secondary N) is 1. The van der Waals surface area contributed by atoms with Gasteiger partial charge in [0.1, 0.15) is 17.1 Å². The van der Waals surface area contributed by atoms with E-state index in [2.05, 4.69) is 10.5 Å². The van der Waals surface area contributed by atoms with E-state index in [1.165, 1.54) is 19.4 Å². The van der Waals surface area contributed by atoms with Crippen LogP contribution in [0.2, 0.25) is 0 Å². The Morgan fingerprint density at radius 3 is 2.73 bits per heavy atom. The number of aromatic hydroxyl groups is 1. The van der Waals surface area contributed by atoms with Gasteiger partial charge in [0, 0.05) is 22.9 Å². The summed E-state index contributed by atoms with van der Waals surface area (Å²) in [4.78, 5) is 23.0. The molecule has 0 radical (unpaired) electrons. The fraction of sp³-hybridized carbons (Fsp3) is 0.238. The normalized spacial score (nSPS) is 13.4. The van der Waals surface area contributed by atoms with E-state index in [0.29, 0.717) is 22.3 Å². The van der Waals surface area contributed by atoms with Crippen LogP contribution in [-0.2, 0) is 12.8 Å². The standard InChI is InChI=1S/C21H19N3O6/c1-29-13-8-6-12(7-9-13)21(26)23-22-11-15-19-14-4-2-3-5-17(14)30-18(19)10-16(20(15)25)24(27)28/h6-11,25H,2-5H2,1H3,(H,23,26)/b22-11+. The third-order valence-corrected chi connectivity index (χ3v) is 5.14. The molecule has 0 saturated carbocycles. The molecule has 1 heterocycles. The van der Waals surface area contributed by atoms with Gasteiger partial charge in [-0.3, -0.25) is 14.9 Å². The van der Waals surface area contributed by atoms with E-state index in [9.17, 15) is 20.0 Å². The number of carbonyl (C=O) groups excluding carboxylic acids is 1. The second-order valence-electron chi connectivity index (χ2n) is 6.93. The summed E-state index contributed by atoms with van der Waals surface area (Å²) in [6, 6.07) is 7.69. The summed E-state index contributed by atoms with van der Waals surface area (Å²) in [6.45, 7) is 0. The number of benzene rings is 2. The summed E-state index contributed by atoms with van der Waals surface area (Å²) in [7, 11) is 1.53. The van der Waals surface area contributed by atoms with Crippen LogP contribution >= 0.6 is 0 Å². The Hall–Kier alpha value is -3.88. The van der Waals surface area contributed by atoms with E-state index in [-0.39, 0.29) is 5.56 Å². The number of aryl methyl sites for hydroxylation is 2. The number of nitro groups is 1. The third kappa shape index (κ3) is 3.45. The molecule has 30 heavy (non-hydrogen) atoms. The van der Waals surface area contributed by atoms with Gasteiger partial charge in [-0.25, -0.2) is 5.43 Å². The quantitative estimate of drug-likeness (QED) is 0.376. The van der Waals surface area contributed by atoms with Crippen LogP contribution in [0, 0.1) is 10.1 Å². The van der Waals surface area contributed by atoms with Gasteiger partial charge in [0.25, 0.3) is 5.91 Å². The molecule has 154 valence electrons. The largest absolute Gasteiger partial charge is 0.502 e. The Balaban J connectivity index is 1.69. The molecule has 1 aliphatic carbocycles. The maximum Gasteiger partial charge on any atom is 0.315 e.